The number of hydrogen-bond acceptors (Lipinski definition) is 7. The standard InChI is InChI=1S/C32H33N5O6S/c1-44(42,43)36-15-13-35(14-16-36)27-19-29(37(21-27)31(39)24-9-7-23(20-33)8-10-24)30(38)34-26-11-12-28(32(40)41)25(18-26)17-22-5-3-2-4-6-22/h2-12,18,27,29H,13-17,19,21H2,1H3,(H,34,38)(H,40,41)/t27-,29-/m0/s1. The second kappa shape index (κ2) is 13.0. The molecule has 5 rings (SSSR count). The molecular formula is C32H33N5O6S. The molecule has 0 bridgehead atoms. The summed E-state index contributed by atoms with van der Waals surface area (Å²) in [6, 6.07) is 21.4. The Balaban J connectivity index is 1.38. The first kappa shape index (κ1) is 30.9. The molecule has 2 N–H and O–H groups in total. The summed E-state index contributed by atoms with van der Waals surface area (Å²) in [6.07, 6.45) is 1.89. The second-order valence-corrected chi connectivity index (χ2v) is 13.1. The number of rotatable bonds is 8. The van der Waals surface area contributed by atoms with Gasteiger partial charge >= 0.3 is 5.97 Å². The summed E-state index contributed by atoms with van der Waals surface area (Å²) in [5.41, 5.74) is 2.78. The fraction of sp³-hybridized carbons (Fsp3) is 0.312. The summed E-state index contributed by atoms with van der Waals surface area (Å²) in [5, 5.41) is 21.8. The summed E-state index contributed by atoms with van der Waals surface area (Å²) in [7, 11) is -3.31. The molecule has 2 saturated heterocycles. The maximum atomic E-state index is 13.8. The van der Waals surface area contributed by atoms with Crippen LogP contribution in [0.25, 0.3) is 0 Å². The molecule has 2 amide bonds. The average molecular weight is 616 g/mol. The van der Waals surface area contributed by atoms with Gasteiger partial charge in [-0.2, -0.15) is 9.57 Å². The normalized spacial score (nSPS) is 19.3. The largest absolute Gasteiger partial charge is 0.478 e. The van der Waals surface area contributed by atoms with Crippen molar-refractivity contribution in [1.29, 1.82) is 5.26 Å². The number of benzene rings is 3. The number of sulfonamides is 1. The van der Waals surface area contributed by atoms with Gasteiger partial charge in [-0.05, 0) is 66.4 Å². The van der Waals surface area contributed by atoms with E-state index in [1.807, 2.05) is 36.4 Å². The number of nitrogens with zero attached hydrogens (tertiary/aromatic N) is 4. The van der Waals surface area contributed by atoms with Gasteiger partial charge in [-0.25, -0.2) is 13.2 Å². The molecule has 2 heterocycles. The summed E-state index contributed by atoms with van der Waals surface area (Å²) in [5.74, 6) is -1.82. The van der Waals surface area contributed by atoms with Gasteiger partial charge in [0.05, 0.1) is 23.5 Å². The SMILES string of the molecule is CS(=O)(=O)N1CCN([C@H]2C[C@@H](C(=O)Nc3ccc(C(=O)O)c(Cc4ccccc4)c3)N(C(=O)c3ccc(C#N)cc3)C2)CC1. The number of piperazine rings is 1. The quantitative estimate of drug-likeness (QED) is 0.393. The van der Waals surface area contributed by atoms with Crippen molar-refractivity contribution in [3.05, 3.63) is 101 Å². The van der Waals surface area contributed by atoms with E-state index < -0.39 is 27.9 Å². The predicted molar refractivity (Wildman–Crippen MR) is 164 cm³/mol. The van der Waals surface area contributed by atoms with E-state index in [9.17, 15) is 27.9 Å². The number of carbonyl (C=O) groups is 3. The van der Waals surface area contributed by atoms with Crippen molar-refractivity contribution >= 4 is 33.5 Å². The fourth-order valence-corrected chi connectivity index (χ4v) is 6.70. The Kier molecular flexibility index (Phi) is 9.10. The third-order valence-corrected chi connectivity index (χ3v) is 9.51. The first-order valence-electron chi connectivity index (χ1n) is 14.2. The van der Waals surface area contributed by atoms with Crippen LogP contribution in [0.5, 0.6) is 0 Å². The lowest BCUT2D eigenvalue weighted by atomic mass is 9.99. The van der Waals surface area contributed by atoms with Crippen molar-refractivity contribution in [1.82, 2.24) is 14.1 Å². The van der Waals surface area contributed by atoms with Crippen LogP contribution >= 0.6 is 0 Å². The van der Waals surface area contributed by atoms with E-state index >= 15 is 0 Å². The predicted octanol–water partition coefficient (Wildman–Crippen LogP) is 2.65. The van der Waals surface area contributed by atoms with E-state index in [-0.39, 0.29) is 24.1 Å². The first-order valence-corrected chi connectivity index (χ1v) is 16.1. The Labute approximate surface area is 256 Å². The molecule has 11 nitrogen and oxygen atoms in total. The molecule has 44 heavy (non-hydrogen) atoms. The number of anilines is 1. The zero-order valence-electron chi connectivity index (χ0n) is 24.2. The number of nitriles is 1. The lowest BCUT2D eigenvalue weighted by Crippen LogP contribution is -2.52. The Morgan fingerprint density at radius 1 is 0.977 bits per heavy atom. The number of amides is 2. The molecule has 0 aliphatic carbocycles. The van der Waals surface area contributed by atoms with Gasteiger partial charge in [0.1, 0.15) is 6.04 Å². The highest BCUT2D eigenvalue weighted by Crippen LogP contribution is 2.28. The van der Waals surface area contributed by atoms with E-state index in [0.29, 0.717) is 61.4 Å². The molecular weight excluding hydrogens is 582 g/mol. The minimum Gasteiger partial charge on any atom is -0.478 e. The van der Waals surface area contributed by atoms with Crippen LogP contribution in [0.3, 0.4) is 0 Å². The lowest BCUT2D eigenvalue weighted by Gasteiger charge is -2.36. The van der Waals surface area contributed by atoms with Crippen LogP contribution in [-0.2, 0) is 21.2 Å². The van der Waals surface area contributed by atoms with Gasteiger partial charge in [-0.15, -0.1) is 0 Å². The van der Waals surface area contributed by atoms with Crippen LogP contribution in [0.2, 0.25) is 0 Å². The molecule has 3 aromatic carbocycles. The fourth-order valence-electron chi connectivity index (χ4n) is 5.87. The van der Waals surface area contributed by atoms with Gasteiger partial charge in [0.2, 0.25) is 15.9 Å². The Morgan fingerprint density at radius 3 is 2.27 bits per heavy atom. The topological polar surface area (TPSA) is 151 Å². The number of likely N-dealkylation sites (tertiary alicyclic amines) is 1. The molecule has 0 spiro atoms. The van der Waals surface area contributed by atoms with Crippen LogP contribution < -0.4 is 5.32 Å². The van der Waals surface area contributed by atoms with Crippen LogP contribution in [0.1, 0.15) is 43.8 Å². The number of carboxylic acid groups (broad SMARTS) is 1. The van der Waals surface area contributed by atoms with Gasteiger partial charge in [0.15, 0.2) is 0 Å². The number of carboxylic acids is 1. The molecule has 2 aliphatic rings. The third kappa shape index (κ3) is 6.97. The first-order chi connectivity index (χ1) is 21.0. The molecule has 2 fully saturated rings. The van der Waals surface area contributed by atoms with Crippen molar-refractivity contribution in [3.8, 4) is 6.07 Å². The molecule has 3 aromatic rings. The number of hydrogen-bond donors (Lipinski definition) is 2. The van der Waals surface area contributed by atoms with Crippen molar-refractivity contribution in [2.75, 3.05) is 44.3 Å². The van der Waals surface area contributed by atoms with Crippen molar-refractivity contribution in [2.24, 2.45) is 0 Å². The van der Waals surface area contributed by atoms with Gasteiger partial charge in [0, 0.05) is 50.0 Å². The molecule has 12 heteroatoms. The monoisotopic (exact) mass is 615 g/mol. The summed E-state index contributed by atoms with van der Waals surface area (Å²) in [4.78, 5) is 43.1. The zero-order chi connectivity index (χ0) is 31.4. The number of carbonyl (C=O) groups excluding carboxylic acids is 2. The van der Waals surface area contributed by atoms with Crippen molar-refractivity contribution < 1.29 is 27.9 Å². The van der Waals surface area contributed by atoms with Gasteiger partial charge in [0.25, 0.3) is 5.91 Å². The molecule has 0 radical (unpaired) electrons. The minimum absolute atomic E-state index is 0.138. The zero-order valence-corrected chi connectivity index (χ0v) is 25.0. The van der Waals surface area contributed by atoms with Gasteiger partial charge in [-0.1, -0.05) is 30.3 Å². The highest BCUT2D eigenvalue weighted by molar-refractivity contribution is 7.88. The maximum absolute atomic E-state index is 13.8. The van der Waals surface area contributed by atoms with Crippen LogP contribution in [-0.4, -0.2) is 96.5 Å². The van der Waals surface area contributed by atoms with Crippen LogP contribution in [0, 0.1) is 11.3 Å². The highest BCUT2D eigenvalue weighted by Gasteiger charge is 2.43. The molecule has 2 atom stereocenters. The molecule has 0 saturated carbocycles. The van der Waals surface area contributed by atoms with E-state index in [2.05, 4.69) is 10.2 Å². The van der Waals surface area contributed by atoms with Crippen LogP contribution in [0.4, 0.5) is 5.69 Å². The lowest BCUT2D eigenvalue weighted by molar-refractivity contribution is -0.119. The van der Waals surface area contributed by atoms with E-state index in [1.54, 1.807) is 36.4 Å². The third-order valence-electron chi connectivity index (χ3n) is 8.20. The van der Waals surface area contributed by atoms with E-state index in [4.69, 9.17) is 5.26 Å². The van der Waals surface area contributed by atoms with Crippen molar-refractivity contribution in [3.63, 3.8) is 0 Å². The van der Waals surface area contributed by atoms with Gasteiger partial charge < -0.3 is 15.3 Å². The highest BCUT2D eigenvalue weighted by atomic mass is 32.2. The smallest absolute Gasteiger partial charge is 0.335 e. The average Bonchev–Trinajstić information content (AvgIpc) is 3.47. The van der Waals surface area contributed by atoms with E-state index in [1.165, 1.54) is 21.5 Å². The molecule has 228 valence electrons. The summed E-state index contributed by atoms with van der Waals surface area (Å²) >= 11 is 0. The van der Waals surface area contributed by atoms with E-state index in [0.717, 1.165) is 5.56 Å². The van der Waals surface area contributed by atoms with Crippen LogP contribution in [0.15, 0.2) is 72.8 Å². The molecule has 0 unspecified atom stereocenters. The molecule has 0 aromatic heterocycles. The number of nitrogens with one attached hydrogen (secondary N) is 1. The second-order valence-electron chi connectivity index (χ2n) is 11.1. The minimum atomic E-state index is -3.31. The summed E-state index contributed by atoms with van der Waals surface area (Å²) in [6.45, 7) is 1.88. The number of aromatic carboxylic acids is 1. The Morgan fingerprint density at radius 2 is 1.66 bits per heavy atom. The summed E-state index contributed by atoms with van der Waals surface area (Å²) < 4.78 is 25.4. The van der Waals surface area contributed by atoms with Crippen molar-refractivity contribution in [2.45, 2.75) is 24.9 Å². The molecule has 2 aliphatic heterocycles. The Hall–Kier alpha value is -4.57. The Bertz CT molecular complexity index is 1700. The van der Waals surface area contributed by atoms with Gasteiger partial charge in [-0.3, -0.25) is 14.5 Å². The maximum Gasteiger partial charge on any atom is 0.335 e.